The zero-order chi connectivity index (χ0) is 29.9. The van der Waals surface area contributed by atoms with Gasteiger partial charge in [-0.15, -0.1) is 0 Å². The topological polar surface area (TPSA) is 140 Å². The van der Waals surface area contributed by atoms with E-state index in [1.54, 1.807) is 49.4 Å². The standard InChI is InChI=1S/C28H27ClF3N5O4/c1-14-6-3-9-19-22(14)35-27(40)25(34-23(19)16-7-4-8-17(29)12-16)36-26(39)18(10-5-11-28(30,31)32)21(24(33)38)20-13-41-37-15(20)2/h3-4,6-9,12-13,18,21,25H,5,10-11H2,1-2H3,(H2,33,38)(H,35,40)(H,36,39). The van der Waals surface area contributed by atoms with Gasteiger partial charge in [0.1, 0.15) is 6.26 Å². The Morgan fingerprint density at radius 1 is 1.20 bits per heavy atom. The van der Waals surface area contributed by atoms with E-state index in [4.69, 9.17) is 21.9 Å². The van der Waals surface area contributed by atoms with E-state index in [-0.39, 0.29) is 17.7 Å². The van der Waals surface area contributed by atoms with Gasteiger partial charge in [-0.2, -0.15) is 13.2 Å². The zero-order valence-electron chi connectivity index (χ0n) is 22.1. The van der Waals surface area contributed by atoms with Crippen LogP contribution in [0.2, 0.25) is 5.02 Å². The van der Waals surface area contributed by atoms with Crippen LogP contribution in [0.1, 0.15) is 53.1 Å². The molecule has 9 nitrogen and oxygen atoms in total. The molecule has 2 aromatic carbocycles. The largest absolute Gasteiger partial charge is 0.389 e. The van der Waals surface area contributed by atoms with Crippen molar-refractivity contribution in [2.45, 2.75) is 51.4 Å². The van der Waals surface area contributed by atoms with E-state index in [1.165, 1.54) is 6.92 Å². The molecule has 3 atom stereocenters. The summed E-state index contributed by atoms with van der Waals surface area (Å²) in [5.74, 6) is -5.26. The minimum absolute atomic E-state index is 0.168. The van der Waals surface area contributed by atoms with Crippen molar-refractivity contribution in [3.8, 4) is 0 Å². The zero-order valence-corrected chi connectivity index (χ0v) is 22.8. The maximum absolute atomic E-state index is 13.7. The Kier molecular flexibility index (Phi) is 8.81. The lowest BCUT2D eigenvalue weighted by Crippen LogP contribution is -2.47. The Balaban J connectivity index is 1.73. The second kappa shape index (κ2) is 12.1. The first-order valence-corrected chi connectivity index (χ1v) is 13.1. The van der Waals surface area contributed by atoms with Crippen LogP contribution in [-0.4, -0.2) is 40.9 Å². The summed E-state index contributed by atoms with van der Waals surface area (Å²) in [5, 5.41) is 9.44. The van der Waals surface area contributed by atoms with Crippen molar-refractivity contribution in [2.24, 2.45) is 16.6 Å². The third kappa shape index (κ3) is 6.94. The molecule has 13 heteroatoms. The molecule has 3 unspecified atom stereocenters. The number of rotatable bonds is 9. The number of anilines is 1. The Hall–Kier alpha value is -4.19. The number of nitrogens with zero attached hydrogens (tertiary/aromatic N) is 2. The molecular formula is C28H27ClF3N5O4. The van der Waals surface area contributed by atoms with Gasteiger partial charge in [0.15, 0.2) is 0 Å². The average molecular weight is 590 g/mol. The number of aliphatic imine (C=N–C) groups is 1. The maximum Gasteiger partial charge on any atom is 0.389 e. The first-order valence-electron chi connectivity index (χ1n) is 12.7. The molecule has 0 saturated heterocycles. The average Bonchev–Trinajstić information content (AvgIpc) is 3.24. The lowest BCUT2D eigenvalue weighted by Gasteiger charge is -2.25. The second-order valence-corrected chi connectivity index (χ2v) is 10.2. The molecule has 0 spiro atoms. The van der Waals surface area contributed by atoms with Crippen LogP contribution in [0, 0.1) is 19.8 Å². The molecule has 4 N–H and O–H groups in total. The van der Waals surface area contributed by atoms with Gasteiger partial charge in [-0.3, -0.25) is 14.4 Å². The summed E-state index contributed by atoms with van der Waals surface area (Å²) >= 11 is 6.22. The lowest BCUT2D eigenvalue weighted by atomic mass is 9.81. The van der Waals surface area contributed by atoms with E-state index in [9.17, 15) is 27.6 Å². The lowest BCUT2D eigenvalue weighted by molar-refractivity contribution is -0.139. The number of para-hydroxylation sites is 1. The van der Waals surface area contributed by atoms with Crippen molar-refractivity contribution in [3.63, 3.8) is 0 Å². The first kappa shape index (κ1) is 29.8. The molecule has 41 heavy (non-hydrogen) atoms. The van der Waals surface area contributed by atoms with E-state index in [1.807, 2.05) is 0 Å². The van der Waals surface area contributed by atoms with E-state index in [0.29, 0.717) is 27.5 Å². The van der Waals surface area contributed by atoms with Crippen LogP contribution < -0.4 is 16.4 Å². The van der Waals surface area contributed by atoms with Crippen LogP contribution in [0.4, 0.5) is 18.9 Å². The molecule has 1 aliphatic heterocycles. The fourth-order valence-corrected chi connectivity index (χ4v) is 5.01. The van der Waals surface area contributed by atoms with Crippen LogP contribution in [0.25, 0.3) is 0 Å². The van der Waals surface area contributed by atoms with Crippen LogP contribution in [-0.2, 0) is 14.4 Å². The normalized spacial score (nSPS) is 16.6. The van der Waals surface area contributed by atoms with E-state index < -0.39 is 54.7 Å². The predicted molar refractivity (Wildman–Crippen MR) is 145 cm³/mol. The quantitative estimate of drug-likeness (QED) is 0.329. The summed E-state index contributed by atoms with van der Waals surface area (Å²) in [7, 11) is 0. The minimum atomic E-state index is -4.47. The van der Waals surface area contributed by atoms with E-state index >= 15 is 0 Å². The molecule has 0 radical (unpaired) electrons. The smallest absolute Gasteiger partial charge is 0.369 e. The van der Waals surface area contributed by atoms with Gasteiger partial charge in [-0.05, 0) is 44.4 Å². The highest BCUT2D eigenvalue weighted by Crippen LogP contribution is 2.34. The van der Waals surface area contributed by atoms with Crippen molar-refractivity contribution >= 4 is 40.7 Å². The van der Waals surface area contributed by atoms with Gasteiger partial charge < -0.3 is 20.9 Å². The highest BCUT2D eigenvalue weighted by atomic mass is 35.5. The number of nitrogens with two attached hydrogens (primary N) is 1. The number of carbonyl (C=O) groups is 3. The summed E-state index contributed by atoms with van der Waals surface area (Å²) in [5.41, 5.74) is 8.76. The maximum atomic E-state index is 13.7. The summed E-state index contributed by atoms with van der Waals surface area (Å²) in [6, 6.07) is 12.1. The van der Waals surface area contributed by atoms with Crippen LogP contribution in [0.5, 0.6) is 0 Å². The minimum Gasteiger partial charge on any atom is -0.369 e. The Morgan fingerprint density at radius 3 is 2.56 bits per heavy atom. The number of hydrogen-bond donors (Lipinski definition) is 3. The molecule has 0 saturated carbocycles. The molecule has 1 aromatic heterocycles. The Labute approximate surface area is 238 Å². The monoisotopic (exact) mass is 589 g/mol. The number of primary amides is 1. The highest BCUT2D eigenvalue weighted by Gasteiger charge is 2.39. The molecule has 0 fully saturated rings. The van der Waals surface area contributed by atoms with Gasteiger partial charge in [0.25, 0.3) is 5.91 Å². The number of hydrogen-bond acceptors (Lipinski definition) is 6. The SMILES string of the molecule is Cc1cccc2c1NC(=O)C(NC(=O)C(CCCC(F)(F)F)C(C(N)=O)c1conc1C)N=C2c1cccc(Cl)c1. The number of benzodiazepines with no additional fused rings is 1. The number of nitrogens with one attached hydrogen (secondary N) is 2. The molecule has 0 aliphatic carbocycles. The van der Waals surface area contributed by atoms with Crippen molar-refractivity contribution in [1.82, 2.24) is 10.5 Å². The number of fused-ring (bicyclic) bond motifs is 1. The van der Waals surface area contributed by atoms with Gasteiger partial charge in [0.05, 0.1) is 28.9 Å². The molecular weight excluding hydrogens is 563 g/mol. The molecule has 2 heterocycles. The fraction of sp³-hybridized carbons (Fsp3) is 0.321. The molecule has 216 valence electrons. The number of alkyl halides is 3. The van der Waals surface area contributed by atoms with Gasteiger partial charge >= 0.3 is 6.18 Å². The number of aromatic nitrogens is 1. The molecule has 1 aliphatic rings. The van der Waals surface area contributed by atoms with E-state index in [2.05, 4.69) is 20.8 Å². The summed E-state index contributed by atoms with van der Waals surface area (Å²) in [4.78, 5) is 44.1. The molecule has 3 aromatic rings. The van der Waals surface area contributed by atoms with Crippen molar-refractivity contribution in [1.29, 1.82) is 0 Å². The van der Waals surface area contributed by atoms with Crippen molar-refractivity contribution in [2.75, 3.05) is 5.32 Å². The van der Waals surface area contributed by atoms with Crippen molar-refractivity contribution in [3.05, 3.63) is 81.7 Å². The van der Waals surface area contributed by atoms with Gasteiger partial charge in [0.2, 0.25) is 18.0 Å². The van der Waals surface area contributed by atoms with Crippen LogP contribution >= 0.6 is 11.6 Å². The molecule has 0 bridgehead atoms. The first-order chi connectivity index (χ1) is 19.4. The second-order valence-electron chi connectivity index (χ2n) is 9.74. The third-order valence-corrected chi connectivity index (χ3v) is 7.04. The number of halogens is 4. The van der Waals surface area contributed by atoms with E-state index in [0.717, 1.165) is 11.8 Å². The molecule has 4 rings (SSSR count). The molecule has 3 amide bonds. The van der Waals surface area contributed by atoms with Gasteiger partial charge in [0, 0.05) is 28.1 Å². The number of benzene rings is 2. The number of amides is 3. The summed E-state index contributed by atoms with van der Waals surface area (Å²) in [6.45, 7) is 3.31. The predicted octanol–water partition coefficient (Wildman–Crippen LogP) is 4.79. The van der Waals surface area contributed by atoms with Crippen molar-refractivity contribution < 1.29 is 32.1 Å². The number of aryl methyl sites for hydroxylation is 2. The van der Waals surface area contributed by atoms with Crippen LogP contribution in [0.3, 0.4) is 0 Å². The van der Waals surface area contributed by atoms with Gasteiger partial charge in [-0.25, -0.2) is 4.99 Å². The number of carbonyl (C=O) groups excluding carboxylic acids is 3. The Bertz CT molecular complexity index is 1500. The van der Waals surface area contributed by atoms with Crippen LogP contribution in [0.15, 0.2) is 58.2 Å². The Morgan fingerprint density at radius 2 is 1.93 bits per heavy atom. The highest BCUT2D eigenvalue weighted by molar-refractivity contribution is 6.31. The third-order valence-electron chi connectivity index (χ3n) is 6.80. The summed E-state index contributed by atoms with van der Waals surface area (Å²) < 4.78 is 43.8. The fourth-order valence-electron chi connectivity index (χ4n) is 4.82. The summed E-state index contributed by atoms with van der Waals surface area (Å²) in [6.07, 6.45) is -6.85. The van der Waals surface area contributed by atoms with Gasteiger partial charge in [-0.1, -0.05) is 47.1 Å².